The quantitative estimate of drug-likeness (QED) is 0.497. The van der Waals surface area contributed by atoms with Gasteiger partial charge >= 0.3 is 0 Å². The Balaban J connectivity index is 0.00000132. The van der Waals surface area contributed by atoms with Gasteiger partial charge in [0.25, 0.3) is 0 Å². The predicted molar refractivity (Wildman–Crippen MR) is 90.3 cm³/mol. The van der Waals surface area contributed by atoms with E-state index in [2.05, 4.69) is 36.2 Å². The summed E-state index contributed by atoms with van der Waals surface area (Å²) >= 11 is 0. The Bertz CT molecular complexity index is 687. The molecule has 0 saturated heterocycles. The molecular formula is C18H21BN2OW-. The monoisotopic (exact) mass is 476 g/mol. The zero-order valence-corrected chi connectivity index (χ0v) is 16.4. The Hall–Kier alpha value is -1.12. The van der Waals surface area contributed by atoms with E-state index in [1.54, 1.807) is 16.8 Å². The van der Waals surface area contributed by atoms with Crippen LogP contribution >= 0.6 is 0 Å². The van der Waals surface area contributed by atoms with Gasteiger partial charge in [-0.1, -0.05) is 18.2 Å². The van der Waals surface area contributed by atoms with Crippen molar-refractivity contribution in [1.29, 1.82) is 0 Å². The SMILES string of the molecule is CN1CCc2ccc(CCn3cc[c-]cc3=O)cc2CC1.[B].[W]. The van der Waals surface area contributed by atoms with Crippen LogP contribution < -0.4 is 5.56 Å². The van der Waals surface area contributed by atoms with Crippen LogP contribution in [0.3, 0.4) is 0 Å². The van der Waals surface area contributed by atoms with E-state index in [4.69, 9.17) is 0 Å². The van der Waals surface area contributed by atoms with Crippen molar-refractivity contribution in [3.8, 4) is 0 Å². The van der Waals surface area contributed by atoms with Crippen LogP contribution in [0.2, 0.25) is 0 Å². The summed E-state index contributed by atoms with van der Waals surface area (Å²) in [5.74, 6) is 0. The molecule has 0 unspecified atom stereocenters. The van der Waals surface area contributed by atoms with Crippen LogP contribution in [-0.2, 0) is 46.9 Å². The third-order valence-corrected chi connectivity index (χ3v) is 4.28. The molecular weight excluding hydrogens is 455 g/mol. The van der Waals surface area contributed by atoms with Crippen molar-refractivity contribution in [2.45, 2.75) is 25.8 Å². The first-order chi connectivity index (χ1) is 10.2. The number of likely N-dealkylation sites (N-methyl/N-ethyl adjacent to an activating group) is 1. The summed E-state index contributed by atoms with van der Waals surface area (Å²) in [6.07, 6.45) is 4.97. The van der Waals surface area contributed by atoms with Crippen LogP contribution in [-0.4, -0.2) is 38.0 Å². The van der Waals surface area contributed by atoms with Crippen LogP contribution in [0, 0.1) is 6.07 Å². The molecule has 1 aliphatic rings. The van der Waals surface area contributed by atoms with Crippen molar-refractivity contribution in [3.63, 3.8) is 0 Å². The van der Waals surface area contributed by atoms with Gasteiger partial charge < -0.3 is 14.3 Å². The van der Waals surface area contributed by atoms with Gasteiger partial charge in [-0.2, -0.15) is 12.1 Å². The summed E-state index contributed by atoms with van der Waals surface area (Å²) in [6, 6.07) is 12.9. The summed E-state index contributed by atoms with van der Waals surface area (Å²) < 4.78 is 1.75. The van der Waals surface area contributed by atoms with Crippen molar-refractivity contribution >= 4 is 8.41 Å². The van der Waals surface area contributed by atoms with E-state index >= 15 is 0 Å². The zero-order chi connectivity index (χ0) is 14.7. The first-order valence-corrected chi connectivity index (χ1v) is 7.58. The van der Waals surface area contributed by atoms with E-state index in [1.807, 2.05) is 0 Å². The number of hydrogen-bond donors (Lipinski definition) is 0. The molecule has 0 amide bonds. The minimum atomic E-state index is 0. The molecule has 5 heteroatoms. The second-order valence-corrected chi connectivity index (χ2v) is 5.81. The molecule has 0 N–H and O–H groups in total. The molecule has 3 nitrogen and oxygen atoms in total. The zero-order valence-electron chi connectivity index (χ0n) is 13.5. The molecule has 0 fully saturated rings. The Labute approximate surface area is 154 Å². The van der Waals surface area contributed by atoms with E-state index in [1.165, 1.54) is 22.8 Å². The van der Waals surface area contributed by atoms with Gasteiger partial charge in [-0.3, -0.25) is 0 Å². The molecule has 2 heterocycles. The Kier molecular flexibility index (Phi) is 8.01. The maximum absolute atomic E-state index is 11.7. The average molecular weight is 476 g/mol. The van der Waals surface area contributed by atoms with Gasteiger partial charge in [0, 0.05) is 49.1 Å². The number of nitrogens with zero attached hydrogens (tertiary/aromatic N) is 2. The van der Waals surface area contributed by atoms with E-state index in [0.29, 0.717) is 0 Å². The molecule has 2 aromatic rings. The van der Waals surface area contributed by atoms with Crippen LogP contribution in [0.1, 0.15) is 16.7 Å². The third kappa shape index (κ3) is 5.19. The fraction of sp³-hybridized carbons (Fsp3) is 0.389. The fourth-order valence-electron chi connectivity index (χ4n) is 2.89. The number of hydrogen-bond acceptors (Lipinski definition) is 2. The van der Waals surface area contributed by atoms with Crippen molar-refractivity contribution in [1.82, 2.24) is 9.47 Å². The normalized spacial score (nSPS) is 14.1. The smallest absolute Gasteiger partial charge is 0.135 e. The van der Waals surface area contributed by atoms with Gasteiger partial charge in [0.2, 0.25) is 0 Å². The summed E-state index contributed by atoms with van der Waals surface area (Å²) in [5.41, 5.74) is 4.30. The minimum Gasteiger partial charge on any atom is -0.421 e. The summed E-state index contributed by atoms with van der Waals surface area (Å²) in [5, 5.41) is 0. The van der Waals surface area contributed by atoms with Gasteiger partial charge in [-0.05, 0) is 43.0 Å². The van der Waals surface area contributed by atoms with Crippen LogP contribution in [0.15, 0.2) is 41.3 Å². The molecule has 1 aromatic carbocycles. The molecule has 0 aliphatic carbocycles. The first kappa shape index (κ1) is 19.9. The minimum absolute atomic E-state index is 0. The number of pyridine rings is 1. The average Bonchev–Trinajstić information content (AvgIpc) is 2.68. The van der Waals surface area contributed by atoms with Crippen LogP contribution in [0.25, 0.3) is 0 Å². The second kappa shape index (κ2) is 9.25. The van der Waals surface area contributed by atoms with Crippen molar-refractivity contribution < 1.29 is 21.1 Å². The molecule has 3 radical (unpaired) electrons. The predicted octanol–water partition coefficient (Wildman–Crippen LogP) is 1.54. The number of fused-ring (bicyclic) bond motifs is 1. The standard InChI is InChI=1S/C18H21N2O.B.W/c1-19-11-8-16-6-5-15(14-17(16)9-12-19)7-13-20-10-3-2-4-18(20)21;;/h3-6,10,14H,7-9,11-13H2,1H3;;/q-1;;. The number of aryl methyl sites for hydroxylation is 2. The van der Waals surface area contributed by atoms with E-state index in [0.717, 1.165) is 38.9 Å². The first-order valence-electron chi connectivity index (χ1n) is 7.58. The second-order valence-electron chi connectivity index (χ2n) is 5.81. The molecule has 0 bridgehead atoms. The molecule has 0 atom stereocenters. The van der Waals surface area contributed by atoms with Crippen molar-refractivity contribution in [2.24, 2.45) is 0 Å². The van der Waals surface area contributed by atoms with Gasteiger partial charge in [-0.15, -0.1) is 12.3 Å². The van der Waals surface area contributed by atoms with E-state index < -0.39 is 0 Å². The maximum atomic E-state index is 11.7. The molecule has 119 valence electrons. The Morgan fingerprint density at radius 3 is 2.65 bits per heavy atom. The Morgan fingerprint density at radius 2 is 1.91 bits per heavy atom. The number of aromatic nitrogens is 1. The summed E-state index contributed by atoms with van der Waals surface area (Å²) in [4.78, 5) is 14.1. The fourth-order valence-corrected chi connectivity index (χ4v) is 2.89. The van der Waals surface area contributed by atoms with Gasteiger partial charge in [0.15, 0.2) is 0 Å². The third-order valence-electron chi connectivity index (χ3n) is 4.28. The topological polar surface area (TPSA) is 25.2 Å². The molecule has 1 aliphatic heterocycles. The molecule has 0 spiro atoms. The molecule has 1 aromatic heterocycles. The van der Waals surface area contributed by atoms with Crippen LogP contribution in [0.5, 0.6) is 0 Å². The van der Waals surface area contributed by atoms with Crippen molar-refractivity contribution in [3.05, 3.63) is 69.6 Å². The Morgan fingerprint density at radius 1 is 1.17 bits per heavy atom. The molecule has 23 heavy (non-hydrogen) atoms. The van der Waals surface area contributed by atoms with E-state index in [-0.39, 0.29) is 35.0 Å². The number of benzene rings is 1. The molecule has 0 saturated carbocycles. The van der Waals surface area contributed by atoms with Crippen LogP contribution in [0.4, 0.5) is 0 Å². The van der Waals surface area contributed by atoms with E-state index in [9.17, 15) is 4.79 Å². The summed E-state index contributed by atoms with van der Waals surface area (Å²) in [7, 11) is 2.19. The maximum Gasteiger partial charge on any atom is 0.135 e. The van der Waals surface area contributed by atoms with Gasteiger partial charge in [-0.25, -0.2) is 0 Å². The largest absolute Gasteiger partial charge is 0.421 e. The van der Waals surface area contributed by atoms with Gasteiger partial charge in [0.05, 0.1) is 0 Å². The van der Waals surface area contributed by atoms with Gasteiger partial charge in [0.1, 0.15) is 5.56 Å². The number of rotatable bonds is 3. The summed E-state index contributed by atoms with van der Waals surface area (Å²) in [6.45, 7) is 3.00. The molecule has 3 rings (SSSR count). The van der Waals surface area contributed by atoms with Crippen molar-refractivity contribution in [2.75, 3.05) is 20.1 Å².